The van der Waals surface area contributed by atoms with Crippen molar-refractivity contribution in [3.8, 4) is 0 Å². The highest BCUT2D eigenvalue weighted by Gasteiger charge is 2.31. The Bertz CT molecular complexity index is 639. The third-order valence-corrected chi connectivity index (χ3v) is 4.47. The number of methoxy groups -OCH3 is 1. The van der Waals surface area contributed by atoms with Crippen LogP contribution in [0.4, 0.5) is 13.2 Å². The Morgan fingerprint density at radius 1 is 1.22 bits per heavy atom. The van der Waals surface area contributed by atoms with Crippen molar-refractivity contribution in [1.82, 2.24) is 4.72 Å². The van der Waals surface area contributed by atoms with E-state index in [9.17, 15) is 26.4 Å². The predicted octanol–water partition coefficient (Wildman–Crippen LogP) is 2.57. The van der Waals surface area contributed by atoms with Crippen LogP contribution in [0.1, 0.15) is 25.8 Å². The zero-order valence-corrected chi connectivity index (χ0v) is 13.7. The standard InChI is InChI=1S/C14H18F3NO4S/c1-9(2)8-12(13(19)22-3)18-23(20,21)11-6-4-10(5-7-11)14(15,16)17/h4-7,9,12,18H,8H2,1-3H3/t12-/m1/s1. The van der Waals surface area contributed by atoms with Crippen molar-refractivity contribution >= 4 is 16.0 Å². The number of nitrogens with one attached hydrogen (secondary N) is 1. The monoisotopic (exact) mass is 353 g/mol. The molecular weight excluding hydrogens is 335 g/mol. The lowest BCUT2D eigenvalue weighted by molar-refractivity contribution is -0.143. The van der Waals surface area contributed by atoms with Crippen LogP contribution in [0.2, 0.25) is 0 Å². The number of sulfonamides is 1. The topological polar surface area (TPSA) is 72.5 Å². The van der Waals surface area contributed by atoms with Gasteiger partial charge in [0, 0.05) is 0 Å². The molecule has 0 heterocycles. The lowest BCUT2D eigenvalue weighted by Crippen LogP contribution is -2.42. The summed E-state index contributed by atoms with van der Waals surface area (Å²) >= 11 is 0. The van der Waals surface area contributed by atoms with Crippen LogP contribution in [0.25, 0.3) is 0 Å². The fourth-order valence-corrected chi connectivity index (χ4v) is 3.08. The van der Waals surface area contributed by atoms with Crippen molar-refractivity contribution in [3.63, 3.8) is 0 Å². The zero-order chi connectivity index (χ0) is 17.8. The Kier molecular flexibility index (Phi) is 6.18. The maximum atomic E-state index is 12.5. The minimum atomic E-state index is -4.55. The van der Waals surface area contributed by atoms with Gasteiger partial charge in [-0.3, -0.25) is 4.79 Å². The van der Waals surface area contributed by atoms with E-state index in [2.05, 4.69) is 9.46 Å². The second-order valence-electron chi connectivity index (χ2n) is 5.35. The Balaban J connectivity index is 3.03. The third-order valence-electron chi connectivity index (χ3n) is 2.98. The summed E-state index contributed by atoms with van der Waals surface area (Å²) in [4.78, 5) is 11.3. The van der Waals surface area contributed by atoms with Gasteiger partial charge in [0.15, 0.2) is 0 Å². The molecule has 23 heavy (non-hydrogen) atoms. The van der Waals surface area contributed by atoms with Gasteiger partial charge in [-0.25, -0.2) is 8.42 Å². The summed E-state index contributed by atoms with van der Waals surface area (Å²) in [6, 6.07) is 1.92. The number of benzene rings is 1. The summed E-state index contributed by atoms with van der Waals surface area (Å²) < 4.78 is 68.6. The van der Waals surface area contributed by atoms with Gasteiger partial charge >= 0.3 is 12.1 Å². The molecule has 1 N–H and O–H groups in total. The molecule has 0 aliphatic heterocycles. The van der Waals surface area contributed by atoms with Crippen LogP contribution in [0.15, 0.2) is 29.2 Å². The largest absolute Gasteiger partial charge is 0.468 e. The van der Waals surface area contributed by atoms with Crippen LogP contribution in [0.3, 0.4) is 0 Å². The van der Waals surface area contributed by atoms with Gasteiger partial charge in [0.25, 0.3) is 0 Å². The summed E-state index contributed by atoms with van der Waals surface area (Å²) in [6.45, 7) is 3.59. The minimum absolute atomic E-state index is 0.00871. The van der Waals surface area contributed by atoms with Crippen molar-refractivity contribution in [2.24, 2.45) is 5.92 Å². The van der Waals surface area contributed by atoms with Gasteiger partial charge in [-0.1, -0.05) is 13.8 Å². The Morgan fingerprint density at radius 3 is 2.13 bits per heavy atom. The molecule has 0 saturated heterocycles. The molecular formula is C14H18F3NO4S. The number of halogens is 3. The van der Waals surface area contributed by atoms with Crippen molar-refractivity contribution in [1.29, 1.82) is 0 Å². The molecule has 1 aromatic rings. The molecule has 130 valence electrons. The highest BCUT2D eigenvalue weighted by atomic mass is 32.2. The molecule has 1 aromatic carbocycles. The molecule has 0 fully saturated rings. The van der Waals surface area contributed by atoms with Crippen molar-refractivity contribution in [3.05, 3.63) is 29.8 Å². The maximum Gasteiger partial charge on any atom is 0.416 e. The highest BCUT2D eigenvalue weighted by molar-refractivity contribution is 7.89. The van der Waals surface area contributed by atoms with Crippen LogP contribution >= 0.6 is 0 Å². The zero-order valence-electron chi connectivity index (χ0n) is 12.8. The van der Waals surface area contributed by atoms with Crippen molar-refractivity contribution in [2.75, 3.05) is 7.11 Å². The van der Waals surface area contributed by atoms with E-state index in [-0.39, 0.29) is 17.2 Å². The van der Waals surface area contributed by atoms with E-state index in [1.165, 1.54) is 0 Å². The molecule has 0 saturated carbocycles. The average Bonchev–Trinajstić information content (AvgIpc) is 2.44. The normalized spacial score (nSPS) is 13.9. The lowest BCUT2D eigenvalue weighted by Gasteiger charge is -2.18. The molecule has 9 heteroatoms. The van der Waals surface area contributed by atoms with E-state index in [4.69, 9.17) is 0 Å². The summed E-state index contributed by atoms with van der Waals surface area (Å²) in [6.07, 6.45) is -4.35. The predicted molar refractivity (Wildman–Crippen MR) is 77.0 cm³/mol. The van der Waals surface area contributed by atoms with E-state index < -0.39 is 33.8 Å². The van der Waals surface area contributed by atoms with Gasteiger partial charge < -0.3 is 4.74 Å². The first kappa shape index (κ1) is 19.4. The summed E-state index contributed by atoms with van der Waals surface area (Å²) in [5.74, 6) is -0.747. The van der Waals surface area contributed by atoms with Gasteiger partial charge in [0.2, 0.25) is 10.0 Å². The Morgan fingerprint density at radius 2 is 1.74 bits per heavy atom. The number of carbonyl (C=O) groups is 1. The van der Waals surface area contributed by atoms with Crippen molar-refractivity contribution < 1.29 is 31.1 Å². The van der Waals surface area contributed by atoms with Crippen LogP contribution in [-0.2, 0) is 25.7 Å². The molecule has 0 spiro atoms. The first-order chi connectivity index (χ1) is 10.5. The second-order valence-corrected chi connectivity index (χ2v) is 7.06. The van der Waals surface area contributed by atoms with Crippen molar-refractivity contribution in [2.45, 2.75) is 37.4 Å². The van der Waals surface area contributed by atoms with E-state index in [1.54, 1.807) is 13.8 Å². The molecule has 5 nitrogen and oxygen atoms in total. The number of hydrogen-bond donors (Lipinski definition) is 1. The Labute approximate surface area is 132 Å². The van der Waals surface area contributed by atoms with E-state index in [0.717, 1.165) is 19.2 Å². The number of esters is 1. The maximum absolute atomic E-state index is 12.5. The lowest BCUT2D eigenvalue weighted by atomic mass is 10.1. The smallest absolute Gasteiger partial charge is 0.416 e. The van der Waals surface area contributed by atoms with E-state index >= 15 is 0 Å². The number of carbonyl (C=O) groups excluding carboxylic acids is 1. The fourth-order valence-electron chi connectivity index (χ4n) is 1.88. The molecule has 1 rings (SSSR count). The molecule has 0 aromatic heterocycles. The second kappa shape index (κ2) is 7.31. The fraction of sp³-hybridized carbons (Fsp3) is 0.500. The van der Waals surface area contributed by atoms with E-state index in [1.807, 2.05) is 0 Å². The molecule has 0 aliphatic carbocycles. The van der Waals surface area contributed by atoms with Crippen LogP contribution in [-0.4, -0.2) is 27.5 Å². The Hall–Kier alpha value is -1.61. The molecule has 0 radical (unpaired) electrons. The van der Waals surface area contributed by atoms with Gasteiger partial charge in [-0.05, 0) is 36.6 Å². The molecule has 1 atom stereocenters. The SMILES string of the molecule is COC(=O)[C@@H](CC(C)C)NS(=O)(=O)c1ccc(C(F)(F)F)cc1. The van der Waals surface area contributed by atoms with Crippen LogP contribution < -0.4 is 4.72 Å². The van der Waals surface area contributed by atoms with Gasteiger partial charge in [0.1, 0.15) is 6.04 Å². The average molecular weight is 353 g/mol. The van der Waals surface area contributed by atoms with E-state index in [0.29, 0.717) is 12.1 Å². The van der Waals surface area contributed by atoms with Gasteiger partial charge in [0.05, 0.1) is 17.6 Å². The molecule has 0 unspecified atom stereocenters. The highest BCUT2D eigenvalue weighted by Crippen LogP contribution is 2.29. The van der Waals surface area contributed by atoms with Gasteiger partial charge in [-0.2, -0.15) is 17.9 Å². The first-order valence-corrected chi connectivity index (χ1v) is 8.23. The summed E-state index contributed by atoms with van der Waals surface area (Å²) in [5, 5.41) is 0. The minimum Gasteiger partial charge on any atom is -0.468 e. The number of hydrogen-bond acceptors (Lipinski definition) is 4. The quantitative estimate of drug-likeness (QED) is 0.798. The van der Waals surface area contributed by atoms with Crippen LogP contribution in [0.5, 0.6) is 0 Å². The third kappa shape index (κ3) is 5.51. The first-order valence-electron chi connectivity index (χ1n) is 6.74. The van der Waals surface area contributed by atoms with Crippen LogP contribution in [0, 0.1) is 5.92 Å². The number of rotatable bonds is 6. The number of alkyl halides is 3. The summed E-state index contributed by atoms with van der Waals surface area (Å²) in [5.41, 5.74) is -0.955. The summed E-state index contributed by atoms with van der Waals surface area (Å²) in [7, 11) is -3.01. The number of ether oxygens (including phenoxy) is 1. The van der Waals surface area contributed by atoms with Gasteiger partial charge in [-0.15, -0.1) is 0 Å². The molecule has 0 aliphatic rings. The molecule has 0 bridgehead atoms. The molecule has 0 amide bonds.